The predicted octanol–water partition coefficient (Wildman–Crippen LogP) is 1.85. The van der Waals surface area contributed by atoms with Gasteiger partial charge in [-0.25, -0.2) is 0 Å². The third-order valence-corrected chi connectivity index (χ3v) is 3.51. The summed E-state index contributed by atoms with van der Waals surface area (Å²) < 4.78 is 5.73. The van der Waals surface area contributed by atoms with Crippen LogP contribution in [-0.2, 0) is 0 Å². The molecule has 1 N–H and O–H groups in total. The second-order valence-electron chi connectivity index (χ2n) is 4.87. The Hall–Kier alpha value is -1.09. The van der Waals surface area contributed by atoms with Crippen LogP contribution in [0, 0.1) is 5.41 Å². The number of pyridine rings is 1. The van der Waals surface area contributed by atoms with Crippen LogP contribution in [0.1, 0.15) is 20.3 Å². The molecule has 1 aliphatic carbocycles. The molecular formula is C12H18N2O. The van der Waals surface area contributed by atoms with Crippen LogP contribution >= 0.6 is 0 Å². The Bertz CT molecular complexity index is 337. The molecule has 15 heavy (non-hydrogen) atoms. The molecule has 0 radical (unpaired) electrons. The van der Waals surface area contributed by atoms with E-state index >= 15 is 0 Å². The van der Waals surface area contributed by atoms with Crippen LogP contribution in [0.25, 0.3) is 0 Å². The van der Waals surface area contributed by atoms with E-state index in [1.54, 1.807) is 12.4 Å². The van der Waals surface area contributed by atoms with Gasteiger partial charge in [0.2, 0.25) is 0 Å². The Morgan fingerprint density at radius 3 is 2.73 bits per heavy atom. The van der Waals surface area contributed by atoms with Crippen LogP contribution in [0.3, 0.4) is 0 Å². The van der Waals surface area contributed by atoms with Gasteiger partial charge in [0.25, 0.3) is 0 Å². The van der Waals surface area contributed by atoms with Crippen molar-refractivity contribution in [2.45, 2.75) is 25.8 Å². The van der Waals surface area contributed by atoms with Crippen molar-refractivity contribution in [2.75, 3.05) is 13.7 Å². The van der Waals surface area contributed by atoms with E-state index in [1.807, 2.05) is 19.2 Å². The van der Waals surface area contributed by atoms with Gasteiger partial charge < -0.3 is 10.1 Å². The molecule has 0 amide bonds. The quantitative estimate of drug-likeness (QED) is 0.816. The number of nitrogens with one attached hydrogen (secondary N) is 1. The maximum Gasteiger partial charge on any atom is 0.137 e. The fourth-order valence-corrected chi connectivity index (χ4v) is 2.09. The number of ether oxygens (including phenoxy) is 1. The second-order valence-corrected chi connectivity index (χ2v) is 4.87. The van der Waals surface area contributed by atoms with E-state index in [1.165, 1.54) is 0 Å². The lowest BCUT2D eigenvalue weighted by Crippen LogP contribution is -2.38. The van der Waals surface area contributed by atoms with Gasteiger partial charge in [-0.1, -0.05) is 13.8 Å². The third-order valence-electron chi connectivity index (χ3n) is 3.51. The molecular weight excluding hydrogens is 188 g/mol. The molecule has 0 saturated heterocycles. The van der Waals surface area contributed by atoms with Crippen molar-refractivity contribution in [1.82, 2.24) is 10.3 Å². The van der Waals surface area contributed by atoms with Crippen LogP contribution in [0.5, 0.6) is 5.75 Å². The van der Waals surface area contributed by atoms with E-state index in [4.69, 9.17) is 4.74 Å². The lowest BCUT2D eigenvalue weighted by molar-refractivity contribution is 0.231. The Kier molecular flexibility index (Phi) is 2.43. The minimum Gasteiger partial charge on any atom is -0.490 e. The molecule has 1 aliphatic rings. The zero-order chi connectivity index (χ0) is 10.9. The van der Waals surface area contributed by atoms with Gasteiger partial charge >= 0.3 is 0 Å². The number of rotatable bonds is 4. The molecule has 0 aliphatic heterocycles. The number of nitrogens with zero attached hydrogens (tertiary/aromatic N) is 1. The number of hydrogen-bond donors (Lipinski definition) is 1. The topological polar surface area (TPSA) is 34.1 Å². The van der Waals surface area contributed by atoms with Crippen LogP contribution in [-0.4, -0.2) is 24.2 Å². The average molecular weight is 206 g/mol. The van der Waals surface area contributed by atoms with Crippen molar-refractivity contribution in [1.29, 1.82) is 0 Å². The molecule has 2 rings (SSSR count). The fourth-order valence-electron chi connectivity index (χ4n) is 2.09. The number of likely N-dealkylation sites (N-methyl/N-ethyl adjacent to an activating group) is 1. The molecule has 0 spiro atoms. The largest absolute Gasteiger partial charge is 0.490 e. The summed E-state index contributed by atoms with van der Waals surface area (Å²) in [4.78, 5) is 4.02. The minimum absolute atomic E-state index is 0.142. The third kappa shape index (κ3) is 1.84. The summed E-state index contributed by atoms with van der Waals surface area (Å²) in [5.41, 5.74) is 0.479. The highest BCUT2D eigenvalue weighted by Gasteiger charge is 2.60. The molecule has 82 valence electrons. The van der Waals surface area contributed by atoms with Crippen molar-refractivity contribution >= 4 is 0 Å². The minimum atomic E-state index is 0.142. The zero-order valence-electron chi connectivity index (χ0n) is 9.58. The van der Waals surface area contributed by atoms with Crippen LogP contribution in [0.4, 0.5) is 0 Å². The molecule has 1 fully saturated rings. The van der Waals surface area contributed by atoms with Crippen molar-refractivity contribution < 1.29 is 4.74 Å². The van der Waals surface area contributed by atoms with Gasteiger partial charge in [-0.2, -0.15) is 0 Å². The van der Waals surface area contributed by atoms with E-state index < -0.39 is 0 Å². The Labute approximate surface area is 90.9 Å². The first-order chi connectivity index (χ1) is 7.10. The highest BCUT2D eigenvalue weighted by molar-refractivity contribution is 5.20. The summed E-state index contributed by atoms with van der Waals surface area (Å²) in [6.07, 6.45) is 4.66. The van der Waals surface area contributed by atoms with Crippen LogP contribution < -0.4 is 10.1 Å². The van der Waals surface area contributed by atoms with Gasteiger partial charge in [-0.3, -0.25) is 4.98 Å². The molecule has 0 bridgehead atoms. The van der Waals surface area contributed by atoms with E-state index in [0.29, 0.717) is 12.0 Å². The fraction of sp³-hybridized carbons (Fsp3) is 0.583. The molecule has 1 aromatic heterocycles. The van der Waals surface area contributed by atoms with Crippen molar-refractivity contribution in [3.63, 3.8) is 0 Å². The summed E-state index contributed by atoms with van der Waals surface area (Å²) in [5, 5.41) is 3.37. The van der Waals surface area contributed by atoms with Gasteiger partial charge in [0.05, 0.1) is 11.7 Å². The van der Waals surface area contributed by atoms with Gasteiger partial charge in [0.15, 0.2) is 0 Å². The SMILES string of the molecule is CN[C@@]1(COc2cccnc2)CC1(C)C. The summed E-state index contributed by atoms with van der Waals surface area (Å²) in [7, 11) is 2.00. The van der Waals surface area contributed by atoms with E-state index in [0.717, 1.165) is 12.2 Å². The van der Waals surface area contributed by atoms with E-state index in [-0.39, 0.29) is 5.54 Å². The van der Waals surface area contributed by atoms with Gasteiger partial charge in [-0.05, 0) is 31.0 Å². The lowest BCUT2D eigenvalue weighted by Gasteiger charge is -2.20. The van der Waals surface area contributed by atoms with Crippen molar-refractivity contribution in [3.05, 3.63) is 24.5 Å². The predicted molar refractivity (Wildman–Crippen MR) is 59.9 cm³/mol. The first kappa shape index (κ1) is 10.4. The van der Waals surface area contributed by atoms with Crippen LogP contribution in [0.2, 0.25) is 0 Å². The highest BCUT2D eigenvalue weighted by Crippen LogP contribution is 2.55. The van der Waals surface area contributed by atoms with Crippen molar-refractivity contribution in [2.24, 2.45) is 5.41 Å². The summed E-state index contributed by atoms with van der Waals surface area (Å²) in [6, 6.07) is 3.82. The molecule has 1 atom stereocenters. The number of hydrogen-bond acceptors (Lipinski definition) is 3. The van der Waals surface area contributed by atoms with E-state index in [2.05, 4.69) is 24.1 Å². The molecule has 1 heterocycles. The Morgan fingerprint density at radius 1 is 1.53 bits per heavy atom. The van der Waals surface area contributed by atoms with Crippen molar-refractivity contribution in [3.8, 4) is 5.75 Å². The Morgan fingerprint density at radius 2 is 2.27 bits per heavy atom. The zero-order valence-corrected chi connectivity index (χ0v) is 9.58. The monoisotopic (exact) mass is 206 g/mol. The highest BCUT2D eigenvalue weighted by atomic mass is 16.5. The molecule has 1 aromatic rings. The van der Waals surface area contributed by atoms with Gasteiger partial charge in [0, 0.05) is 6.20 Å². The second kappa shape index (κ2) is 3.49. The van der Waals surface area contributed by atoms with Crippen LogP contribution in [0.15, 0.2) is 24.5 Å². The summed E-state index contributed by atoms with van der Waals surface area (Å²) >= 11 is 0. The Balaban J connectivity index is 1.94. The first-order valence-electron chi connectivity index (χ1n) is 5.31. The lowest BCUT2D eigenvalue weighted by atomic mass is 10.1. The number of aromatic nitrogens is 1. The smallest absolute Gasteiger partial charge is 0.137 e. The molecule has 3 nitrogen and oxygen atoms in total. The van der Waals surface area contributed by atoms with E-state index in [9.17, 15) is 0 Å². The molecule has 1 saturated carbocycles. The average Bonchev–Trinajstić information content (AvgIpc) is 2.80. The molecule has 3 heteroatoms. The summed E-state index contributed by atoms with van der Waals surface area (Å²) in [6.45, 7) is 5.23. The molecule has 0 unspecified atom stereocenters. The first-order valence-corrected chi connectivity index (χ1v) is 5.31. The normalized spacial score (nSPS) is 27.4. The summed E-state index contributed by atoms with van der Waals surface area (Å²) in [5.74, 6) is 0.842. The van der Waals surface area contributed by atoms with Gasteiger partial charge in [0.1, 0.15) is 12.4 Å². The van der Waals surface area contributed by atoms with Gasteiger partial charge in [-0.15, -0.1) is 0 Å². The maximum absolute atomic E-state index is 5.73. The molecule has 0 aromatic carbocycles. The standard InChI is InChI=1S/C12H18N2O/c1-11(2)8-12(11,13-3)9-15-10-5-4-6-14-7-10/h4-7,13H,8-9H2,1-3H3/t12-/m1/s1. The maximum atomic E-state index is 5.73.